The van der Waals surface area contributed by atoms with Gasteiger partial charge in [-0.15, -0.1) is 0 Å². The second kappa shape index (κ2) is 6.47. The third-order valence-electron chi connectivity index (χ3n) is 2.93. The van der Waals surface area contributed by atoms with E-state index in [1.54, 1.807) is 0 Å². The van der Waals surface area contributed by atoms with Crippen LogP contribution in [-0.2, 0) is 0 Å². The van der Waals surface area contributed by atoms with Crippen LogP contribution < -0.4 is 5.32 Å². The molecule has 12 heavy (non-hydrogen) atoms. The van der Waals surface area contributed by atoms with Crippen molar-refractivity contribution in [2.45, 2.75) is 53.0 Å². The van der Waals surface area contributed by atoms with Gasteiger partial charge in [0.2, 0.25) is 0 Å². The Hall–Kier alpha value is -0.0400. The number of hydrogen-bond donors (Lipinski definition) is 1. The molecular weight excluding hydrogens is 146 g/mol. The summed E-state index contributed by atoms with van der Waals surface area (Å²) in [6.45, 7) is 9.23. The Morgan fingerprint density at radius 3 is 2.00 bits per heavy atom. The molecule has 2 unspecified atom stereocenters. The highest BCUT2D eigenvalue weighted by Crippen LogP contribution is 2.17. The van der Waals surface area contributed by atoms with E-state index >= 15 is 0 Å². The van der Waals surface area contributed by atoms with E-state index in [9.17, 15) is 0 Å². The first-order chi connectivity index (χ1) is 5.57. The van der Waals surface area contributed by atoms with E-state index in [4.69, 9.17) is 0 Å². The van der Waals surface area contributed by atoms with Crippen LogP contribution in [0.5, 0.6) is 0 Å². The summed E-state index contributed by atoms with van der Waals surface area (Å²) >= 11 is 0. The quantitative estimate of drug-likeness (QED) is 0.647. The lowest BCUT2D eigenvalue weighted by Gasteiger charge is -2.16. The summed E-state index contributed by atoms with van der Waals surface area (Å²) < 4.78 is 0. The lowest BCUT2D eigenvalue weighted by molar-refractivity contribution is 0.368. The molecule has 0 spiro atoms. The van der Waals surface area contributed by atoms with Gasteiger partial charge in [0.05, 0.1) is 0 Å². The fraction of sp³-hybridized carbons (Fsp3) is 1.00. The molecule has 1 nitrogen and oxygen atoms in total. The first kappa shape index (κ1) is 12.0. The molecule has 0 aromatic heterocycles. The summed E-state index contributed by atoms with van der Waals surface area (Å²) in [5.74, 6) is 1.73. The third-order valence-corrected chi connectivity index (χ3v) is 2.93. The van der Waals surface area contributed by atoms with E-state index in [2.05, 4.69) is 33.0 Å². The van der Waals surface area contributed by atoms with Gasteiger partial charge in [-0.25, -0.2) is 0 Å². The summed E-state index contributed by atoms with van der Waals surface area (Å²) in [7, 11) is 2.04. The molecule has 0 bridgehead atoms. The summed E-state index contributed by atoms with van der Waals surface area (Å²) in [6.07, 6.45) is 4.05. The van der Waals surface area contributed by atoms with Gasteiger partial charge in [-0.1, -0.05) is 33.6 Å². The van der Waals surface area contributed by atoms with Crippen molar-refractivity contribution < 1.29 is 0 Å². The maximum Gasteiger partial charge on any atom is 0.00357 e. The fourth-order valence-electron chi connectivity index (χ4n) is 1.22. The topological polar surface area (TPSA) is 12.0 Å². The molecule has 0 aliphatic heterocycles. The third kappa shape index (κ3) is 5.59. The van der Waals surface area contributed by atoms with Gasteiger partial charge in [0.15, 0.2) is 0 Å². The average Bonchev–Trinajstić information content (AvgIpc) is 2.03. The predicted octanol–water partition coefficient (Wildman–Crippen LogP) is 3.06. The van der Waals surface area contributed by atoms with Crippen LogP contribution in [0.15, 0.2) is 0 Å². The maximum absolute atomic E-state index is 3.27. The minimum Gasteiger partial charge on any atom is -0.317 e. The van der Waals surface area contributed by atoms with Gasteiger partial charge in [0.25, 0.3) is 0 Å². The Morgan fingerprint density at radius 2 is 1.58 bits per heavy atom. The van der Waals surface area contributed by atoms with Gasteiger partial charge in [-0.05, 0) is 32.2 Å². The number of nitrogens with one attached hydrogen (secondary N) is 1. The predicted molar refractivity (Wildman–Crippen MR) is 56.4 cm³/mol. The van der Waals surface area contributed by atoms with E-state index in [0.717, 1.165) is 11.8 Å². The highest BCUT2D eigenvalue weighted by molar-refractivity contribution is 4.61. The Morgan fingerprint density at radius 1 is 1.00 bits per heavy atom. The Labute approximate surface area is 77.9 Å². The molecule has 1 N–H and O–H groups in total. The van der Waals surface area contributed by atoms with Crippen LogP contribution in [-0.4, -0.2) is 13.1 Å². The van der Waals surface area contributed by atoms with Crippen molar-refractivity contribution in [1.82, 2.24) is 5.32 Å². The number of rotatable bonds is 6. The van der Waals surface area contributed by atoms with E-state index < -0.39 is 0 Å². The smallest absolute Gasteiger partial charge is 0.00357 e. The monoisotopic (exact) mass is 171 g/mol. The van der Waals surface area contributed by atoms with Crippen molar-refractivity contribution >= 4 is 0 Å². The molecule has 0 saturated carbocycles. The molecule has 0 heterocycles. The van der Waals surface area contributed by atoms with Crippen LogP contribution in [0.2, 0.25) is 0 Å². The molecule has 0 aromatic carbocycles. The molecule has 2 atom stereocenters. The normalized spacial score (nSPS) is 16.5. The standard InChI is InChI=1S/C11H25N/c1-9(2)10(3)7-6-8-11(4)12-5/h9-12H,6-8H2,1-5H3. The van der Waals surface area contributed by atoms with Crippen LogP contribution in [0.1, 0.15) is 47.0 Å². The van der Waals surface area contributed by atoms with Crippen molar-refractivity contribution in [3.8, 4) is 0 Å². The zero-order valence-electron chi connectivity index (χ0n) is 9.35. The molecule has 74 valence electrons. The second-order valence-corrected chi connectivity index (χ2v) is 4.34. The first-order valence-electron chi connectivity index (χ1n) is 5.25. The molecule has 0 aliphatic carbocycles. The van der Waals surface area contributed by atoms with E-state index in [1.165, 1.54) is 19.3 Å². The van der Waals surface area contributed by atoms with Crippen LogP contribution in [0, 0.1) is 11.8 Å². The van der Waals surface area contributed by atoms with Crippen molar-refractivity contribution in [1.29, 1.82) is 0 Å². The molecule has 0 fully saturated rings. The van der Waals surface area contributed by atoms with E-state index in [-0.39, 0.29) is 0 Å². The van der Waals surface area contributed by atoms with Gasteiger partial charge >= 0.3 is 0 Å². The largest absolute Gasteiger partial charge is 0.317 e. The van der Waals surface area contributed by atoms with Crippen LogP contribution in [0.4, 0.5) is 0 Å². The Kier molecular flexibility index (Phi) is 6.45. The molecule has 0 aliphatic rings. The van der Waals surface area contributed by atoms with Crippen molar-refractivity contribution in [2.24, 2.45) is 11.8 Å². The Bertz CT molecular complexity index is 99.2. The average molecular weight is 171 g/mol. The zero-order valence-corrected chi connectivity index (χ0v) is 9.35. The molecular formula is C11H25N. The maximum atomic E-state index is 3.27. The van der Waals surface area contributed by atoms with Gasteiger partial charge in [-0.2, -0.15) is 0 Å². The van der Waals surface area contributed by atoms with Gasteiger partial charge in [0.1, 0.15) is 0 Å². The second-order valence-electron chi connectivity index (χ2n) is 4.34. The van der Waals surface area contributed by atoms with Gasteiger partial charge in [-0.3, -0.25) is 0 Å². The van der Waals surface area contributed by atoms with Gasteiger partial charge < -0.3 is 5.32 Å². The van der Waals surface area contributed by atoms with Crippen LogP contribution in [0.25, 0.3) is 0 Å². The minimum atomic E-state index is 0.685. The highest BCUT2D eigenvalue weighted by Gasteiger charge is 2.07. The lowest BCUT2D eigenvalue weighted by atomic mass is 9.92. The Balaban J connectivity index is 3.30. The van der Waals surface area contributed by atoms with Crippen molar-refractivity contribution in [3.05, 3.63) is 0 Å². The SMILES string of the molecule is CNC(C)CCCC(C)C(C)C. The summed E-state index contributed by atoms with van der Waals surface area (Å²) in [4.78, 5) is 0. The molecule has 1 heteroatoms. The molecule has 0 aromatic rings. The zero-order chi connectivity index (χ0) is 9.56. The van der Waals surface area contributed by atoms with Gasteiger partial charge in [0, 0.05) is 6.04 Å². The van der Waals surface area contributed by atoms with E-state index in [1.807, 2.05) is 7.05 Å². The minimum absolute atomic E-state index is 0.685. The highest BCUT2D eigenvalue weighted by atomic mass is 14.8. The summed E-state index contributed by atoms with van der Waals surface area (Å²) in [5, 5.41) is 3.27. The van der Waals surface area contributed by atoms with Crippen LogP contribution in [0.3, 0.4) is 0 Å². The number of hydrogen-bond acceptors (Lipinski definition) is 1. The fourth-order valence-corrected chi connectivity index (χ4v) is 1.22. The van der Waals surface area contributed by atoms with Crippen LogP contribution >= 0.6 is 0 Å². The lowest BCUT2D eigenvalue weighted by Crippen LogP contribution is -2.21. The summed E-state index contributed by atoms with van der Waals surface area (Å²) in [6, 6.07) is 0.685. The van der Waals surface area contributed by atoms with E-state index in [0.29, 0.717) is 6.04 Å². The first-order valence-corrected chi connectivity index (χ1v) is 5.25. The molecule has 0 radical (unpaired) electrons. The van der Waals surface area contributed by atoms with Crippen molar-refractivity contribution in [2.75, 3.05) is 7.05 Å². The summed E-state index contributed by atoms with van der Waals surface area (Å²) in [5.41, 5.74) is 0. The molecule has 0 amide bonds. The molecule has 0 saturated heterocycles. The van der Waals surface area contributed by atoms with Crippen molar-refractivity contribution in [3.63, 3.8) is 0 Å². The molecule has 0 rings (SSSR count).